The van der Waals surface area contributed by atoms with Gasteiger partial charge in [-0.1, -0.05) is 6.07 Å². The molecule has 0 spiro atoms. The fourth-order valence-corrected chi connectivity index (χ4v) is 2.51. The number of hydrogen-bond donors (Lipinski definition) is 1. The summed E-state index contributed by atoms with van der Waals surface area (Å²) in [5.74, 6) is 0. The van der Waals surface area contributed by atoms with Crippen LogP contribution in [0.2, 0.25) is 0 Å². The van der Waals surface area contributed by atoms with Crippen molar-refractivity contribution in [2.75, 3.05) is 0 Å². The highest BCUT2D eigenvalue weighted by Crippen LogP contribution is 2.27. The summed E-state index contributed by atoms with van der Waals surface area (Å²) in [6, 6.07) is 5.82. The highest BCUT2D eigenvalue weighted by molar-refractivity contribution is 7.14. The minimum atomic E-state index is 0.446. The van der Waals surface area contributed by atoms with Crippen molar-refractivity contribution in [1.29, 1.82) is 0 Å². The summed E-state index contributed by atoms with van der Waals surface area (Å²) >= 11 is 1.65. The van der Waals surface area contributed by atoms with Gasteiger partial charge in [-0.25, -0.2) is 4.98 Å². The van der Waals surface area contributed by atoms with Crippen LogP contribution in [0.3, 0.4) is 0 Å². The highest BCUT2D eigenvalue weighted by Gasteiger charge is 2.07. The zero-order valence-corrected chi connectivity index (χ0v) is 9.91. The van der Waals surface area contributed by atoms with Crippen molar-refractivity contribution in [3.8, 4) is 10.6 Å². The van der Waals surface area contributed by atoms with Gasteiger partial charge in [0.25, 0.3) is 0 Å². The number of nitrogens with one attached hydrogen (secondary N) is 1. The molecule has 0 atom stereocenters. The summed E-state index contributed by atoms with van der Waals surface area (Å²) in [5.41, 5.74) is 2.34. The summed E-state index contributed by atoms with van der Waals surface area (Å²) in [5, 5.41) is 8.62. The first kappa shape index (κ1) is 10.2. The maximum absolute atomic E-state index is 10.7. The van der Waals surface area contributed by atoms with Crippen LogP contribution in [-0.4, -0.2) is 21.5 Å². The Kier molecular flexibility index (Phi) is 2.26. The number of aromatic amines is 1. The van der Waals surface area contributed by atoms with Crippen LogP contribution in [0.25, 0.3) is 21.5 Å². The van der Waals surface area contributed by atoms with Gasteiger partial charge >= 0.3 is 0 Å². The van der Waals surface area contributed by atoms with E-state index in [0.717, 1.165) is 27.8 Å². The van der Waals surface area contributed by atoms with Gasteiger partial charge in [-0.2, -0.15) is 5.10 Å². The molecule has 3 aromatic rings. The molecule has 0 radical (unpaired) electrons. The molecule has 0 fully saturated rings. The topological polar surface area (TPSA) is 58.6 Å². The van der Waals surface area contributed by atoms with Gasteiger partial charge in [0.15, 0.2) is 6.29 Å². The van der Waals surface area contributed by atoms with Crippen LogP contribution in [0.4, 0.5) is 0 Å². The van der Waals surface area contributed by atoms with E-state index < -0.39 is 0 Å². The average molecular weight is 243 g/mol. The molecular weight excluding hydrogens is 234 g/mol. The molecule has 0 bridgehead atoms. The van der Waals surface area contributed by atoms with E-state index in [-0.39, 0.29) is 0 Å². The van der Waals surface area contributed by atoms with Gasteiger partial charge in [-0.15, -0.1) is 11.3 Å². The Labute approximate surface area is 101 Å². The van der Waals surface area contributed by atoms with Crippen LogP contribution in [0.15, 0.2) is 24.4 Å². The van der Waals surface area contributed by atoms with Crippen LogP contribution in [0.5, 0.6) is 0 Å². The molecule has 4 nitrogen and oxygen atoms in total. The normalized spacial score (nSPS) is 10.9. The van der Waals surface area contributed by atoms with E-state index in [1.807, 2.05) is 31.3 Å². The van der Waals surface area contributed by atoms with Crippen LogP contribution in [0, 0.1) is 6.92 Å². The molecule has 84 valence electrons. The van der Waals surface area contributed by atoms with Gasteiger partial charge in [0.05, 0.1) is 5.52 Å². The second-order valence-corrected chi connectivity index (χ2v) is 5.00. The van der Waals surface area contributed by atoms with Crippen molar-refractivity contribution in [3.63, 3.8) is 0 Å². The maximum atomic E-state index is 10.7. The molecule has 2 aromatic heterocycles. The van der Waals surface area contributed by atoms with Gasteiger partial charge in [-0.3, -0.25) is 9.89 Å². The molecule has 0 saturated carbocycles. The van der Waals surface area contributed by atoms with Crippen molar-refractivity contribution < 1.29 is 4.79 Å². The standard InChI is InChI=1S/C12H9N3OS/c1-7-5-13-12(17-7)8-2-3-9-10(4-8)14-15-11(9)6-16/h2-6H,1H3,(H,14,15). The van der Waals surface area contributed by atoms with Gasteiger partial charge in [0, 0.05) is 22.0 Å². The zero-order valence-electron chi connectivity index (χ0n) is 9.10. The first-order chi connectivity index (χ1) is 8.28. The molecule has 0 aliphatic rings. The Morgan fingerprint density at radius 3 is 3.00 bits per heavy atom. The first-order valence-electron chi connectivity index (χ1n) is 5.14. The van der Waals surface area contributed by atoms with Crippen molar-refractivity contribution in [1.82, 2.24) is 15.2 Å². The number of rotatable bonds is 2. The molecule has 0 aliphatic heterocycles. The minimum absolute atomic E-state index is 0.446. The molecule has 3 rings (SSSR count). The summed E-state index contributed by atoms with van der Waals surface area (Å²) < 4.78 is 0. The lowest BCUT2D eigenvalue weighted by atomic mass is 10.1. The molecule has 1 N–H and O–H groups in total. The summed E-state index contributed by atoms with van der Waals surface area (Å²) in [4.78, 5) is 16.3. The Hall–Kier alpha value is -2.01. The summed E-state index contributed by atoms with van der Waals surface area (Å²) in [7, 11) is 0. The Morgan fingerprint density at radius 1 is 1.41 bits per heavy atom. The molecule has 5 heteroatoms. The van der Waals surface area contributed by atoms with E-state index in [0.29, 0.717) is 5.69 Å². The third-order valence-electron chi connectivity index (χ3n) is 2.57. The number of carbonyl (C=O) groups is 1. The first-order valence-corrected chi connectivity index (χ1v) is 5.95. The molecule has 0 amide bonds. The van der Waals surface area contributed by atoms with E-state index in [4.69, 9.17) is 0 Å². The minimum Gasteiger partial charge on any atom is -0.296 e. The second kappa shape index (κ2) is 3.78. The fraction of sp³-hybridized carbons (Fsp3) is 0.0833. The van der Waals surface area contributed by atoms with Crippen molar-refractivity contribution in [2.24, 2.45) is 0 Å². The van der Waals surface area contributed by atoms with E-state index in [9.17, 15) is 4.79 Å². The molecule has 0 unspecified atom stereocenters. The van der Waals surface area contributed by atoms with Crippen LogP contribution in [-0.2, 0) is 0 Å². The molecular formula is C12H9N3OS. The number of carbonyl (C=O) groups excluding carboxylic acids is 1. The molecule has 0 aliphatic carbocycles. The Morgan fingerprint density at radius 2 is 2.29 bits per heavy atom. The summed E-state index contributed by atoms with van der Waals surface area (Å²) in [6.45, 7) is 2.03. The molecule has 17 heavy (non-hydrogen) atoms. The third kappa shape index (κ3) is 1.64. The molecule has 0 saturated heterocycles. The number of hydrogen-bond acceptors (Lipinski definition) is 4. The van der Waals surface area contributed by atoms with Crippen molar-refractivity contribution in [2.45, 2.75) is 6.92 Å². The predicted molar refractivity (Wildman–Crippen MR) is 67.3 cm³/mol. The van der Waals surface area contributed by atoms with E-state index in [1.165, 1.54) is 4.88 Å². The third-order valence-corrected chi connectivity index (χ3v) is 3.53. The second-order valence-electron chi connectivity index (χ2n) is 3.76. The molecule has 2 heterocycles. The number of thiazole rings is 1. The lowest BCUT2D eigenvalue weighted by molar-refractivity contribution is 0.112. The fourth-order valence-electron chi connectivity index (χ4n) is 1.75. The van der Waals surface area contributed by atoms with Gasteiger partial charge in [0.2, 0.25) is 0 Å². The van der Waals surface area contributed by atoms with Gasteiger partial charge < -0.3 is 0 Å². The van der Waals surface area contributed by atoms with Crippen LogP contribution in [0.1, 0.15) is 15.4 Å². The SMILES string of the molecule is Cc1cnc(-c2ccc3c(C=O)n[nH]c3c2)s1. The van der Waals surface area contributed by atoms with E-state index >= 15 is 0 Å². The monoisotopic (exact) mass is 243 g/mol. The highest BCUT2D eigenvalue weighted by atomic mass is 32.1. The Bertz CT molecular complexity index is 699. The number of aldehydes is 1. The zero-order chi connectivity index (χ0) is 11.8. The van der Waals surface area contributed by atoms with Gasteiger partial charge in [-0.05, 0) is 19.1 Å². The van der Waals surface area contributed by atoms with Crippen LogP contribution >= 0.6 is 11.3 Å². The smallest absolute Gasteiger partial charge is 0.170 e. The number of nitrogens with zero attached hydrogens (tertiary/aromatic N) is 2. The van der Waals surface area contributed by atoms with E-state index in [2.05, 4.69) is 15.2 Å². The van der Waals surface area contributed by atoms with Crippen molar-refractivity contribution >= 4 is 28.5 Å². The summed E-state index contributed by atoms with van der Waals surface area (Å²) in [6.07, 6.45) is 2.61. The van der Waals surface area contributed by atoms with E-state index in [1.54, 1.807) is 11.3 Å². The van der Waals surface area contributed by atoms with Gasteiger partial charge in [0.1, 0.15) is 10.7 Å². The van der Waals surface area contributed by atoms with Crippen LogP contribution < -0.4 is 0 Å². The molecule has 1 aromatic carbocycles. The lowest BCUT2D eigenvalue weighted by Crippen LogP contribution is -1.79. The quantitative estimate of drug-likeness (QED) is 0.704. The number of fused-ring (bicyclic) bond motifs is 1. The average Bonchev–Trinajstić information content (AvgIpc) is 2.94. The number of H-pyrrole nitrogens is 1. The number of aryl methyl sites for hydroxylation is 1. The predicted octanol–water partition coefficient (Wildman–Crippen LogP) is 2.81. The largest absolute Gasteiger partial charge is 0.296 e. The number of benzene rings is 1. The number of aromatic nitrogens is 3. The Balaban J connectivity index is 2.17. The lowest BCUT2D eigenvalue weighted by Gasteiger charge is -1.96. The van der Waals surface area contributed by atoms with Crippen molar-refractivity contribution in [3.05, 3.63) is 35.0 Å². The maximum Gasteiger partial charge on any atom is 0.170 e.